The lowest BCUT2D eigenvalue weighted by atomic mass is 10.1. The van der Waals surface area contributed by atoms with E-state index in [4.69, 9.17) is 14.6 Å². The van der Waals surface area contributed by atoms with Crippen LogP contribution in [0.15, 0.2) is 28.7 Å². The molecule has 1 heterocycles. The summed E-state index contributed by atoms with van der Waals surface area (Å²) < 4.78 is 11.7. The Labute approximate surface area is 143 Å². The van der Waals surface area contributed by atoms with Crippen LogP contribution in [0.1, 0.15) is 19.8 Å². The molecule has 7 heteroatoms. The largest absolute Gasteiger partial charge is 0.480 e. The fourth-order valence-corrected chi connectivity index (χ4v) is 2.92. The van der Waals surface area contributed by atoms with E-state index in [1.165, 1.54) is 4.90 Å². The van der Waals surface area contributed by atoms with Gasteiger partial charge in [-0.3, -0.25) is 9.59 Å². The number of carbonyl (C=O) groups excluding carboxylic acids is 1. The van der Waals surface area contributed by atoms with Crippen molar-refractivity contribution in [2.75, 3.05) is 19.8 Å². The molecule has 126 valence electrons. The molecular weight excluding hydrogens is 366 g/mol. The van der Waals surface area contributed by atoms with E-state index in [2.05, 4.69) is 15.9 Å². The Morgan fingerprint density at radius 3 is 2.65 bits per heavy atom. The van der Waals surface area contributed by atoms with Gasteiger partial charge in [-0.1, -0.05) is 12.1 Å². The van der Waals surface area contributed by atoms with Crippen LogP contribution in [0.25, 0.3) is 0 Å². The summed E-state index contributed by atoms with van der Waals surface area (Å²) in [6, 6.07) is 7.11. The molecule has 1 fully saturated rings. The molecule has 1 aliphatic heterocycles. The number of rotatable bonds is 6. The SMILES string of the molecule is C[C@@H](Oc1ccccc1Br)C(=O)N(CC(=O)O)C1CCOCC1. The van der Waals surface area contributed by atoms with Crippen molar-refractivity contribution in [1.82, 2.24) is 4.90 Å². The molecule has 1 saturated heterocycles. The normalized spacial score (nSPS) is 16.6. The molecule has 1 atom stereocenters. The Hall–Kier alpha value is -1.60. The van der Waals surface area contributed by atoms with Crippen LogP contribution < -0.4 is 4.74 Å². The van der Waals surface area contributed by atoms with Gasteiger partial charge in [0.15, 0.2) is 6.10 Å². The van der Waals surface area contributed by atoms with Crippen molar-refractivity contribution in [2.24, 2.45) is 0 Å². The van der Waals surface area contributed by atoms with E-state index in [9.17, 15) is 9.59 Å². The lowest BCUT2D eigenvalue weighted by Crippen LogP contribution is -2.50. The molecule has 1 aliphatic rings. The summed E-state index contributed by atoms with van der Waals surface area (Å²) in [6.07, 6.45) is 0.512. The second kappa shape index (κ2) is 8.31. The highest BCUT2D eigenvalue weighted by atomic mass is 79.9. The first kappa shape index (κ1) is 17.7. The van der Waals surface area contributed by atoms with Gasteiger partial charge in [-0.2, -0.15) is 0 Å². The van der Waals surface area contributed by atoms with Crippen LogP contribution in [0.5, 0.6) is 5.75 Å². The van der Waals surface area contributed by atoms with Gasteiger partial charge in [0.25, 0.3) is 5.91 Å². The lowest BCUT2D eigenvalue weighted by molar-refractivity contribution is -0.151. The third-order valence-electron chi connectivity index (χ3n) is 3.71. The number of carboxylic acid groups (broad SMARTS) is 1. The van der Waals surface area contributed by atoms with Crippen molar-refractivity contribution < 1.29 is 24.2 Å². The van der Waals surface area contributed by atoms with Gasteiger partial charge in [-0.05, 0) is 47.8 Å². The molecule has 0 radical (unpaired) electrons. The van der Waals surface area contributed by atoms with E-state index < -0.39 is 12.1 Å². The molecule has 1 aromatic carbocycles. The minimum Gasteiger partial charge on any atom is -0.480 e. The standard InChI is InChI=1S/C16H20BrNO5/c1-11(23-14-5-3-2-4-13(14)17)16(21)18(10-15(19)20)12-6-8-22-9-7-12/h2-5,11-12H,6-10H2,1H3,(H,19,20)/t11-/m1/s1. The minimum atomic E-state index is -1.03. The number of aliphatic carboxylic acids is 1. The molecule has 0 spiro atoms. The predicted octanol–water partition coefficient (Wildman–Crippen LogP) is 2.31. The summed E-state index contributed by atoms with van der Waals surface area (Å²) in [7, 11) is 0. The Balaban J connectivity index is 2.08. The average Bonchev–Trinajstić information content (AvgIpc) is 2.54. The van der Waals surface area contributed by atoms with Gasteiger partial charge >= 0.3 is 5.97 Å². The van der Waals surface area contributed by atoms with Gasteiger partial charge in [0, 0.05) is 19.3 Å². The molecule has 0 saturated carbocycles. The maximum Gasteiger partial charge on any atom is 0.323 e. The number of halogens is 1. The number of carbonyl (C=O) groups is 2. The molecular formula is C16H20BrNO5. The zero-order valence-corrected chi connectivity index (χ0v) is 14.5. The third kappa shape index (κ3) is 4.94. The van der Waals surface area contributed by atoms with Crippen LogP contribution in [0.3, 0.4) is 0 Å². The van der Waals surface area contributed by atoms with Gasteiger partial charge in [0.2, 0.25) is 0 Å². The molecule has 6 nitrogen and oxygen atoms in total. The quantitative estimate of drug-likeness (QED) is 0.812. The van der Waals surface area contributed by atoms with Crippen molar-refractivity contribution in [3.8, 4) is 5.75 Å². The number of amides is 1. The summed E-state index contributed by atoms with van der Waals surface area (Å²) in [4.78, 5) is 25.2. The summed E-state index contributed by atoms with van der Waals surface area (Å²) >= 11 is 3.37. The molecule has 23 heavy (non-hydrogen) atoms. The zero-order valence-electron chi connectivity index (χ0n) is 12.9. The highest BCUT2D eigenvalue weighted by molar-refractivity contribution is 9.10. The Morgan fingerprint density at radius 2 is 2.04 bits per heavy atom. The van der Waals surface area contributed by atoms with Crippen LogP contribution in [-0.4, -0.2) is 53.8 Å². The first-order chi connectivity index (χ1) is 11.0. The summed E-state index contributed by atoms with van der Waals surface area (Å²) in [6.45, 7) is 2.38. The van der Waals surface area contributed by atoms with Crippen LogP contribution in [0.2, 0.25) is 0 Å². The van der Waals surface area contributed by atoms with Crippen molar-refractivity contribution in [1.29, 1.82) is 0 Å². The number of para-hydroxylation sites is 1. The average molecular weight is 386 g/mol. The topological polar surface area (TPSA) is 76.1 Å². The van der Waals surface area contributed by atoms with Crippen LogP contribution >= 0.6 is 15.9 Å². The van der Waals surface area contributed by atoms with E-state index in [0.717, 1.165) is 4.47 Å². The Bertz CT molecular complexity index is 559. The third-order valence-corrected chi connectivity index (χ3v) is 4.36. The van der Waals surface area contributed by atoms with Crippen molar-refractivity contribution in [3.63, 3.8) is 0 Å². The number of hydrogen-bond acceptors (Lipinski definition) is 4. The minimum absolute atomic E-state index is 0.127. The van der Waals surface area contributed by atoms with E-state index in [0.29, 0.717) is 31.8 Å². The van der Waals surface area contributed by atoms with Gasteiger partial charge in [0.1, 0.15) is 12.3 Å². The highest BCUT2D eigenvalue weighted by Crippen LogP contribution is 2.25. The van der Waals surface area contributed by atoms with E-state index in [-0.39, 0.29) is 18.5 Å². The van der Waals surface area contributed by atoms with Crippen molar-refractivity contribution >= 4 is 27.8 Å². The van der Waals surface area contributed by atoms with Crippen LogP contribution in [0, 0.1) is 0 Å². The van der Waals surface area contributed by atoms with Crippen molar-refractivity contribution in [2.45, 2.75) is 31.9 Å². The maximum absolute atomic E-state index is 12.7. The number of carboxylic acids is 1. The summed E-state index contributed by atoms with van der Waals surface area (Å²) in [5.74, 6) is -0.802. The van der Waals surface area contributed by atoms with Gasteiger partial charge in [0.05, 0.1) is 4.47 Å². The predicted molar refractivity (Wildman–Crippen MR) is 87.4 cm³/mol. The van der Waals surface area contributed by atoms with Gasteiger partial charge in [-0.15, -0.1) is 0 Å². The fourth-order valence-electron chi connectivity index (χ4n) is 2.54. The molecule has 0 aromatic heterocycles. The van der Waals surface area contributed by atoms with Crippen LogP contribution in [0.4, 0.5) is 0 Å². The Morgan fingerprint density at radius 1 is 1.39 bits per heavy atom. The molecule has 0 bridgehead atoms. The second-order valence-electron chi connectivity index (χ2n) is 5.39. The zero-order chi connectivity index (χ0) is 16.8. The summed E-state index contributed by atoms with van der Waals surface area (Å²) in [5, 5.41) is 9.11. The molecule has 1 N–H and O–H groups in total. The number of hydrogen-bond donors (Lipinski definition) is 1. The molecule has 1 amide bonds. The molecule has 0 aliphatic carbocycles. The fraction of sp³-hybridized carbons (Fsp3) is 0.500. The van der Waals surface area contributed by atoms with Gasteiger partial charge in [-0.25, -0.2) is 0 Å². The smallest absolute Gasteiger partial charge is 0.323 e. The maximum atomic E-state index is 12.7. The number of benzene rings is 1. The first-order valence-corrected chi connectivity index (χ1v) is 8.29. The molecule has 2 rings (SSSR count). The van der Waals surface area contributed by atoms with E-state index in [1.807, 2.05) is 18.2 Å². The monoisotopic (exact) mass is 385 g/mol. The Kier molecular flexibility index (Phi) is 6.41. The molecule has 1 aromatic rings. The van der Waals surface area contributed by atoms with Gasteiger partial charge < -0.3 is 19.5 Å². The van der Waals surface area contributed by atoms with E-state index >= 15 is 0 Å². The second-order valence-corrected chi connectivity index (χ2v) is 6.25. The highest BCUT2D eigenvalue weighted by Gasteiger charge is 2.31. The summed E-state index contributed by atoms with van der Waals surface area (Å²) in [5.41, 5.74) is 0. The first-order valence-electron chi connectivity index (χ1n) is 7.50. The number of ether oxygens (including phenoxy) is 2. The molecule has 0 unspecified atom stereocenters. The van der Waals surface area contributed by atoms with E-state index in [1.54, 1.807) is 13.0 Å². The number of nitrogens with zero attached hydrogens (tertiary/aromatic N) is 1. The lowest BCUT2D eigenvalue weighted by Gasteiger charge is -2.34. The van der Waals surface area contributed by atoms with Crippen molar-refractivity contribution in [3.05, 3.63) is 28.7 Å². The van der Waals surface area contributed by atoms with Crippen LogP contribution in [-0.2, 0) is 14.3 Å².